The molecule has 1 aromatic carbocycles. The van der Waals surface area contributed by atoms with Crippen molar-refractivity contribution in [2.75, 3.05) is 13.1 Å². The number of carbonyl (C=O) groups is 1. The van der Waals surface area contributed by atoms with Crippen LogP contribution in [0.15, 0.2) is 29.2 Å². The van der Waals surface area contributed by atoms with Crippen LogP contribution in [0.3, 0.4) is 0 Å². The lowest BCUT2D eigenvalue weighted by Crippen LogP contribution is -2.34. The van der Waals surface area contributed by atoms with Gasteiger partial charge in [-0.25, -0.2) is 12.8 Å². The number of rotatable bonds is 8. The Labute approximate surface area is 118 Å². The highest BCUT2D eigenvalue weighted by Crippen LogP contribution is 2.17. The standard InChI is InChI=1S/C13H18FNO4S/c1-2-3-9-15(10-8-13(16)17)20(18,19)12-6-4-11(14)5-7-12/h4-7H,2-3,8-10H2,1H3,(H,16,17). The van der Waals surface area contributed by atoms with Crippen molar-refractivity contribution in [3.8, 4) is 0 Å². The summed E-state index contributed by atoms with van der Waals surface area (Å²) in [6.45, 7) is 2.08. The molecule has 0 unspecified atom stereocenters. The van der Waals surface area contributed by atoms with Crippen molar-refractivity contribution in [3.63, 3.8) is 0 Å². The summed E-state index contributed by atoms with van der Waals surface area (Å²) in [6, 6.07) is 4.51. The molecular weight excluding hydrogens is 285 g/mol. The summed E-state index contributed by atoms with van der Waals surface area (Å²) in [5, 5.41) is 8.69. The SMILES string of the molecule is CCCCN(CCC(=O)O)S(=O)(=O)c1ccc(F)cc1. The molecule has 0 aromatic heterocycles. The van der Waals surface area contributed by atoms with Gasteiger partial charge >= 0.3 is 5.97 Å². The van der Waals surface area contributed by atoms with E-state index in [4.69, 9.17) is 5.11 Å². The van der Waals surface area contributed by atoms with Gasteiger partial charge in [-0.05, 0) is 30.7 Å². The van der Waals surface area contributed by atoms with Gasteiger partial charge in [0.05, 0.1) is 11.3 Å². The second kappa shape index (κ2) is 7.35. The molecule has 20 heavy (non-hydrogen) atoms. The van der Waals surface area contributed by atoms with Crippen LogP contribution in [-0.2, 0) is 14.8 Å². The van der Waals surface area contributed by atoms with E-state index in [1.165, 1.54) is 12.1 Å². The Morgan fingerprint density at radius 1 is 1.25 bits per heavy atom. The van der Waals surface area contributed by atoms with Crippen molar-refractivity contribution in [1.29, 1.82) is 0 Å². The largest absolute Gasteiger partial charge is 0.481 e. The van der Waals surface area contributed by atoms with Crippen molar-refractivity contribution >= 4 is 16.0 Å². The molecule has 0 saturated heterocycles. The first-order chi connectivity index (χ1) is 9.37. The minimum atomic E-state index is -3.78. The zero-order valence-electron chi connectivity index (χ0n) is 11.3. The average Bonchev–Trinajstić information content (AvgIpc) is 2.38. The third-order valence-electron chi connectivity index (χ3n) is 2.79. The van der Waals surface area contributed by atoms with Crippen LogP contribution in [0.25, 0.3) is 0 Å². The molecule has 0 saturated carbocycles. The first kappa shape index (κ1) is 16.6. The van der Waals surface area contributed by atoms with Crippen LogP contribution < -0.4 is 0 Å². The van der Waals surface area contributed by atoms with E-state index in [9.17, 15) is 17.6 Å². The third kappa shape index (κ3) is 4.57. The molecule has 0 aliphatic carbocycles. The van der Waals surface area contributed by atoms with Gasteiger partial charge < -0.3 is 5.11 Å². The molecule has 0 spiro atoms. The molecule has 5 nitrogen and oxygen atoms in total. The first-order valence-electron chi connectivity index (χ1n) is 6.35. The summed E-state index contributed by atoms with van der Waals surface area (Å²) in [6.07, 6.45) is 1.17. The Bertz CT molecular complexity index is 542. The molecule has 1 aromatic rings. The summed E-state index contributed by atoms with van der Waals surface area (Å²) in [7, 11) is -3.78. The Morgan fingerprint density at radius 2 is 1.85 bits per heavy atom. The molecule has 1 rings (SSSR count). The predicted octanol–water partition coefficient (Wildman–Crippen LogP) is 2.09. The van der Waals surface area contributed by atoms with E-state index in [0.717, 1.165) is 22.9 Å². The fourth-order valence-electron chi connectivity index (χ4n) is 1.66. The number of aliphatic carboxylic acids is 1. The summed E-state index contributed by atoms with van der Waals surface area (Å²) in [4.78, 5) is 10.6. The van der Waals surface area contributed by atoms with Crippen LogP contribution in [0.4, 0.5) is 4.39 Å². The van der Waals surface area contributed by atoms with E-state index >= 15 is 0 Å². The number of hydrogen-bond acceptors (Lipinski definition) is 3. The number of nitrogens with zero attached hydrogens (tertiary/aromatic N) is 1. The smallest absolute Gasteiger partial charge is 0.304 e. The van der Waals surface area contributed by atoms with E-state index < -0.39 is 21.8 Å². The predicted molar refractivity (Wildman–Crippen MR) is 72.3 cm³/mol. The second-order valence-corrected chi connectivity index (χ2v) is 6.29. The van der Waals surface area contributed by atoms with Gasteiger partial charge in [-0.15, -0.1) is 0 Å². The Hall–Kier alpha value is -1.47. The molecular formula is C13H18FNO4S. The first-order valence-corrected chi connectivity index (χ1v) is 7.79. The van der Waals surface area contributed by atoms with Crippen LogP contribution in [0.1, 0.15) is 26.2 Å². The van der Waals surface area contributed by atoms with E-state index in [1.54, 1.807) is 0 Å². The number of hydrogen-bond donors (Lipinski definition) is 1. The zero-order chi connectivity index (χ0) is 15.2. The number of unbranched alkanes of at least 4 members (excludes halogenated alkanes) is 1. The van der Waals surface area contributed by atoms with Gasteiger partial charge in [0.25, 0.3) is 0 Å². The summed E-state index contributed by atoms with van der Waals surface area (Å²) < 4.78 is 38.7. The highest BCUT2D eigenvalue weighted by molar-refractivity contribution is 7.89. The van der Waals surface area contributed by atoms with Crippen LogP contribution in [0.2, 0.25) is 0 Å². The highest BCUT2D eigenvalue weighted by atomic mass is 32.2. The Balaban J connectivity index is 2.96. The third-order valence-corrected chi connectivity index (χ3v) is 4.70. The molecule has 0 bridgehead atoms. The van der Waals surface area contributed by atoms with E-state index in [-0.39, 0.29) is 24.4 Å². The molecule has 1 N–H and O–H groups in total. The van der Waals surface area contributed by atoms with Gasteiger partial charge in [0.2, 0.25) is 10.0 Å². The van der Waals surface area contributed by atoms with Crippen molar-refractivity contribution in [1.82, 2.24) is 4.31 Å². The Kier molecular flexibility index (Phi) is 6.09. The fourth-order valence-corrected chi connectivity index (χ4v) is 3.14. The number of carboxylic acids is 1. The van der Waals surface area contributed by atoms with Crippen molar-refractivity contribution in [3.05, 3.63) is 30.1 Å². The molecule has 0 aliphatic rings. The lowest BCUT2D eigenvalue weighted by molar-refractivity contribution is -0.137. The maximum Gasteiger partial charge on any atom is 0.304 e. The maximum absolute atomic E-state index is 12.8. The van der Waals surface area contributed by atoms with Gasteiger partial charge in [-0.2, -0.15) is 4.31 Å². The van der Waals surface area contributed by atoms with Gasteiger partial charge in [-0.1, -0.05) is 13.3 Å². The average molecular weight is 303 g/mol. The zero-order valence-corrected chi connectivity index (χ0v) is 12.1. The molecule has 0 radical (unpaired) electrons. The van der Waals surface area contributed by atoms with Crippen LogP contribution in [0, 0.1) is 5.82 Å². The fraction of sp³-hybridized carbons (Fsp3) is 0.462. The van der Waals surface area contributed by atoms with Gasteiger partial charge in [0.1, 0.15) is 5.82 Å². The lowest BCUT2D eigenvalue weighted by atomic mass is 10.3. The molecule has 7 heteroatoms. The van der Waals surface area contributed by atoms with E-state index in [1.807, 2.05) is 6.92 Å². The lowest BCUT2D eigenvalue weighted by Gasteiger charge is -2.21. The molecule has 112 valence electrons. The number of benzene rings is 1. The quantitative estimate of drug-likeness (QED) is 0.798. The van der Waals surface area contributed by atoms with Gasteiger partial charge in [0.15, 0.2) is 0 Å². The summed E-state index contributed by atoms with van der Waals surface area (Å²) >= 11 is 0. The van der Waals surface area contributed by atoms with Gasteiger partial charge in [0, 0.05) is 13.1 Å². The molecule has 0 atom stereocenters. The maximum atomic E-state index is 12.8. The summed E-state index contributed by atoms with van der Waals surface area (Å²) in [5.41, 5.74) is 0. The monoisotopic (exact) mass is 303 g/mol. The molecule has 0 amide bonds. The molecule has 0 aliphatic heterocycles. The summed E-state index contributed by atoms with van der Waals surface area (Å²) in [5.74, 6) is -1.57. The van der Waals surface area contributed by atoms with E-state index in [2.05, 4.69) is 0 Å². The highest BCUT2D eigenvalue weighted by Gasteiger charge is 2.24. The van der Waals surface area contributed by atoms with Crippen molar-refractivity contribution in [2.45, 2.75) is 31.1 Å². The number of sulfonamides is 1. The normalized spacial score (nSPS) is 11.8. The molecule has 0 heterocycles. The van der Waals surface area contributed by atoms with Crippen molar-refractivity contribution < 1.29 is 22.7 Å². The minimum absolute atomic E-state index is 0.0274. The van der Waals surface area contributed by atoms with Crippen LogP contribution >= 0.6 is 0 Å². The number of halogens is 1. The van der Waals surface area contributed by atoms with Crippen molar-refractivity contribution in [2.24, 2.45) is 0 Å². The minimum Gasteiger partial charge on any atom is -0.481 e. The topological polar surface area (TPSA) is 74.7 Å². The van der Waals surface area contributed by atoms with Crippen LogP contribution in [0.5, 0.6) is 0 Å². The van der Waals surface area contributed by atoms with Crippen LogP contribution in [-0.4, -0.2) is 36.9 Å². The number of carboxylic acid groups (broad SMARTS) is 1. The van der Waals surface area contributed by atoms with E-state index in [0.29, 0.717) is 6.42 Å². The second-order valence-electron chi connectivity index (χ2n) is 4.36. The molecule has 0 fully saturated rings. The Morgan fingerprint density at radius 3 is 2.35 bits per heavy atom. The van der Waals surface area contributed by atoms with Gasteiger partial charge in [-0.3, -0.25) is 4.79 Å².